The minimum atomic E-state index is 0.855. The molecule has 1 aromatic carbocycles. The number of hydrogen-bond acceptors (Lipinski definition) is 3. The van der Waals surface area contributed by atoms with Crippen molar-refractivity contribution < 1.29 is 0 Å². The molecule has 4 rings (SSSR count). The maximum atomic E-state index is 4.41. The molecule has 0 bridgehead atoms. The lowest BCUT2D eigenvalue weighted by molar-refractivity contribution is 1.12. The Kier molecular flexibility index (Phi) is 2.35. The lowest BCUT2D eigenvalue weighted by Crippen LogP contribution is -1.84. The van der Waals surface area contributed by atoms with Crippen molar-refractivity contribution in [2.24, 2.45) is 0 Å². The fourth-order valence-corrected chi connectivity index (χ4v) is 2.28. The van der Waals surface area contributed by atoms with E-state index >= 15 is 0 Å². The molecule has 0 fully saturated rings. The third-order valence-electron chi connectivity index (χ3n) is 3.27. The molecule has 4 aromatic rings. The fourth-order valence-electron chi connectivity index (χ4n) is 2.28. The van der Waals surface area contributed by atoms with E-state index in [4.69, 9.17) is 0 Å². The number of H-pyrrole nitrogens is 2. The van der Waals surface area contributed by atoms with Gasteiger partial charge < -0.3 is 4.98 Å². The predicted molar refractivity (Wildman–Crippen MR) is 76.9 cm³/mol. The molecule has 96 valence electrons. The second-order valence-electron chi connectivity index (χ2n) is 4.52. The van der Waals surface area contributed by atoms with E-state index in [-0.39, 0.29) is 0 Å². The smallest absolute Gasteiger partial charge is 0.100 e. The molecule has 0 radical (unpaired) electrons. The third-order valence-corrected chi connectivity index (χ3v) is 3.27. The highest BCUT2D eigenvalue weighted by Crippen LogP contribution is 2.28. The molecule has 0 spiro atoms. The Morgan fingerprint density at radius 1 is 1.00 bits per heavy atom. The van der Waals surface area contributed by atoms with Crippen molar-refractivity contribution in [3.8, 4) is 22.6 Å². The summed E-state index contributed by atoms with van der Waals surface area (Å²) in [5.41, 5.74) is 4.69. The Morgan fingerprint density at radius 3 is 2.70 bits per heavy atom. The first-order valence-electron chi connectivity index (χ1n) is 6.30. The van der Waals surface area contributed by atoms with Crippen LogP contribution in [0.2, 0.25) is 0 Å². The molecular weight excluding hydrogens is 250 g/mol. The van der Waals surface area contributed by atoms with Crippen LogP contribution in [-0.4, -0.2) is 25.1 Å². The SMILES string of the molecule is c1ccc(-c2n[nH]c3cnc(-c4cnc[nH]4)cc23)cc1. The van der Waals surface area contributed by atoms with E-state index < -0.39 is 0 Å². The molecular formula is C15H11N5. The van der Waals surface area contributed by atoms with Crippen LogP contribution in [0, 0.1) is 0 Å². The predicted octanol–water partition coefficient (Wildman–Crippen LogP) is 3.02. The van der Waals surface area contributed by atoms with Crippen molar-refractivity contribution >= 4 is 10.9 Å². The Morgan fingerprint density at radius 2 is 1.90 bits per heavy atom. The van der Waals surface area contributed by atoms with Gasteiger partial charge in [-0.25, -0.2) is 4.98 Å². The number of hydrogen-bond donors (Lipinski definition) is 2. The lowest BCUT2D eigenvalue weighted by atomic mass is 10.1. The maximum absolute atomic E-state index is 4.41. The molecule has 0 aliphatic carbocycles. The number of fused-ring (bicyclic) bond motifs is 1. The van der Waals surface area contributed by atoms with Gasteiger partial charge in [0.15, 0.2) is 0 Å². The zero-order valence-corrected chi connectivity index (χ0v) is 10.5. The van der Waals surface area contributed by atoms with E-state index in [0.717, 1.165) is 33.5 Å². The first-order chi connectivity index (χ1) is 9.92. The van der Waals surface area contributed by atoms with E-state index in [1.165, 1.54) is 0 Å². The van der Waals surface area contributed by atoms with Gasteiger partial charge in [-0.3, -0.25) is 10.1 Å². The van der Waals surface area contributed by atoms with Gasteiger partial charge >= 0.3 is 0 Å². The molecule has 0 saturated heterocycles. The van der Waals surface area contributed by atoms with Crippen LogP contribution in [0.15, 0.2) is 55.1 Å². The molecule has 0 amide bonds. The molecule has 2 N–H and O–H groups in total. The zero-order valence-electron chi connectivity index (χ0n) is 10.5. The highest BCUT2D eigenvalue weighted by molar-refractivity contribution is 5.94. The van der Waals surface area contributed by atoms with Crippen molar-refractivity contribution in [1.82, 2.24) is 25.1 Å². The summed E-state index contributed by atoms with van der Waals surface area (Å²) in [5, 5.41) is 8.47. The van der Waals surface area contributed by atoms with Crippen LogP contribution in [0.3, 0.4) is 0 Å². The van der Waals surface area contributed by atoms with Crippen LogP contribution in [0.1, 0.15) is 0 Å². The minimum Gasteiger partial charge on any atom is -0.343 e. The summed E-state index contributed by atoms with van der Waals surface area (Å²) in [7, 11) is 0. The minimum absolute atomic E-state index is 0.855. The topological polar surface area (TPSA) is 70.2 Å². The van der Waals surface area contributed by atoms with Crippen molar-refractivity contribution in [1.29, 1.82) is 0 Å². The number of nitrogens with one attached hydrogen (secondary N) is 2. The fraction of sp³-hybridized carbons (Fsp3) is 0. The zero-order chi connectivity index (χ0) is 13.4. The molecule has 0 aliphatic rings. The molecule has 5 nitrogen and oxygen atoms in total. The van der Waals surface area contributed by atoms with Gasteiger partial charge in [0.05, 0.1) is 35.6 Å². The molecule has 3 heterocycles. The molecule has 5 heteroatoms. The first-order valence-corrected chi connectivity index (χ1v) is 6.30. The number of benzene rings is 1. The molecule has 20 heavy (non-hydrogen) atoms. The van der Waals surface area contributed by atoms with Gasteiger partial charge in [0.25, 0.3) is 0 Å². The van der Waals surface area contributed by atoms with E-state index in [9.17, 15) is 0 Å². The van der Waals surface area contributed by atoms with Crippen LogP contribution < -0.4 is 0 Å². The Balaban J connectivity index is 1.93. The highest BCUT2D eigenvalue weighted by Gasteiger charge is 2.10. The van der Waals surface area contributed by atoms with E-state index in [1.54, 1.807) is 18.7 Å². The van der Waals surface area contributed by atoms with Gasteiger partial charge in [0, 0.05) is 10.9 Å². The van der Waals surface area contributed by atoms with Crippen LogP contribution >= 0.6 is 0 Å². The van der Waals surface area contributed by atoms with Crippen LogP contribution in [0.25, 0.3) is 33.5 Å². The standard InChI is InChI=1S/C15H11N5/c1-2-4-10(5-3-1)15-11-6-12(14-7-16-9-18-14)17-8-13(11)19-20-15/h1-9H,(H,16,18)(H,19,20). The molecule has 0 atom stereocenters. The average Bonchev–Trinajstić information content (AvgIpc) is 3.17. The van der Waals surface area contributed by atoms with Crippen molar-refractivity contribution in [3.63, 3.8) is 0 Å². The van der Waals surface area contributed by atoms with Crippen molar-refractivity contribution in [2.45, 2.75) is 0 Å². The number of nitrogens with zero attached hydrogens (tertiary/aromatic N) is 3. The molecule has 0 unspecified atom stereocenters. The number of pyridine rings is 1. The highest BCUT2D eigenvalue weighted by atomic mass is 15.1. The second kappa shape index (κ2) is 4.31. The number of rotatable bonds is 2. The quantitative estimate of drug-likeness (QED) is 0.582. The Labute approximate surface area is 114 Å². The van der Waals surface area contributed by atoms with Gasteiger partial charge in [-0.1, -0.05) is 30.3 Å². The largest absolute Gasteiger partial charge is 0.343 e. The average molecular weight is 261 g/mol. The van der Waals surface area contributed by atoms with E-state index in [0.29, 0.717) is 0 Å². The van der Waals surface area contributed by atoms with Gasteiger partial charge in [-0.15, -0.1) is 0 Å². The van der Waals surface area contributed by atoms with Crippen LogP contribution in [0.4, 0.5) is 0 Å². The number of aromatic nitrogens is 5. The molecule has 3 aromatic heterocycles. The summed E-state index contributed by atoms with van der Waals surface area (Å²) in [6.07, 6.45) is 5.20. The number of aromatic amines is 2. The maximum Gasteiger partial charge on any atom is 0.100 e. The third kappa shape index (κ3) is 1.68. The molecule has 0 aliphatic heterocycles. The van der Waals surface area contributed by atoms with Crippen LogP contribution in [-0.2, 0) is 0 Å². The second-order valence-corrected chi connectivity index (χ2v) is 4.52. The summed E-state index contributed by atoms with van der Waals surface area (Å²) >= 11 is 0. The Hall–Kier alpha value is -2.95. The summed E-state index contributed by atoms with van der Waals surface area (Å²) in [6, 6.07) is 12.1. The van der Waals surface area contributed by atoms with E-state index in [2.05, 4.69) is 25.1 Å². The summed E-state index contributed by atoms with van der Waals surface area (Å²) in [5.74, 6) is 0. The van der Waals surface area contributed by atoms with E-state index in [1.807, 2.05) is 36.4 Å². The Bertz CT molecular complexity index is 847. The first kappa shape index (κ1) is 10.9. The summed E-state index contributed by atoms with van der Waals surface area (Å²) in [4.78, 5) is 11.5. The van der Waals surface area contributed by atoms with Gasteiger partial charge in [0.2, 0.25) is 0 Å². The monoisotopic (exact) mass is 261 g/mol. The van der Waals surface area contributed by atoms with Gasteiger partial charge in [-0.05, 0) is 6.07 Å². The van der Waals surface area contributed by atoms with Crippen molar-refractivity contribution in [3.05, 3.63) is 55.1 Å². The van der Waals surface area contributed by atoms with Crippen LogP contribution in [0.5, 0.6) is 0 Å². The van der Waals surface area contributed by atoms with Gasteiger partial charge in [0.1, 0.15) is 5.69 Å². The summed E-state index contributed by atoms with van der Waals surface area (Å²) < 4.78 is 0. The van der Waals surface area contributed by atoms with Gasteiger partial charge in [-0.2, -0.15) is 5.10 Å². The lowest BCUT2D eigenvalue weighted by Gasteiger charge is -1.99. The normalized spacial score (nSPS) is 11.0. The molecule has 0 saturated carbocycles. The number of imidazole rings is 1. The summed E-state index contributed by atoms with van der Waals surface area (Å²) in [6.45, 7) is 0. The van der Waals surface area contributed by atoms with Crippen molar-refractivity contribution in [2.75, 3.05) is 0 Å².